The highest BCUT2D eigenvalue weighted by Gasteiger charge is 2.01. The minimum absolute atomic E-state index is 0.128. The molecule has 0 fully saturated rings. The van der Waals surface area contributed by atoms with Crippen LogP contribution in [-0.2, 0) is 4.79 Å². The number of benzene rings is 1. The summed E-state index contributed by atoms with van der Waals surface area (Å²) in [7, 11) is 0. The third-order valence-electron chi connectivity index (χ3n) is 2.26. The van der Waals surface area contributed by atoms with Crippen LogP contribution in [0.1, 0.15) is 30.0 Å². The molecule has 0 amide bonds. The molecule has 0 heterocycles. The van der Waals surface area contributed by atoms with Gasteiger partial charge in [0.15, 0.2) is 5.12 Å². The topological polar surface area (TPSA) is 37.3 Å². The van der Waals surface area contributed by atoms with Gasteiger partial charge in [0.2, 0.25) is 0 Å². The van der Waals surface area contributed by atoms with E-state index in [1.165, 1.54) is 11.8 Å². The normalized spacial score (nSPS) is 9.59. The zero-order valence-electron chi connectivity index (χ0n) is 10.3. The third kappa shape index (κ3) is 4.54. The van der Waals surface area contributed by atoms with E-state index in [1.807, 2.05) is 26.0 Å². The molecule has 0 aliphatic heterocycles. The zero-order valence-corrected chi connectivity index (χ0v) is 11.1. The Morgan fingerprint density at radius 2 is 1.94 bits per heavy atom. The van der Waals surface area contributed by atoms with Crippen LogP contribution in [0.25, 0.3) is 0 Å². The predicted molar refractivity (Wildman–Crippen MR) is 72.2 cm³/mol. The number of phenols is 1. The fourth-order valence-electron chi connectivity index (χ4n) is 1.44. The first-order chi connectivity index (χ1) is 8.00. The van der Waals surface area contributed by atoms with Crippen LogP contribution in [0.2, 0.25) is 0 Å². The standard InChI is InChI=1S/C14H16O2S/c1-10-8-13(9-11(2)14(10)16)6-4-5-7-17-12(3)15/h8-9,16H,5,7H2,1-3H3. The number of hydrogen-bond acceptors (Lipinski definition) is 3. The maximum absolute atomic E-state index is 10.7. The van der Waals surface area contributed by atoms with Gasteiger partial charge in [-0.15, -0.1) is 0 Å². The minimum atomic E-state index is 0.128. The van der Waals surface area contributed by atoms with Crippen molar-refractivity contribution in [3.63, 3.8) is 0 Å². The van der Waals surface area contributed by atoms with Crippen molar-refractivity contribution < 1.29 is 9.90 Å². The predicted octanol–water partition coefficient (Wildman–Crippen LogP) is 3.03. The van der Waals surface area contributed by atoms with E-state index in [1.54, 1.807) is 6.92 Å². The molecule has 17 heavy (non-hydrogen) atoms. The molecule has 0 saturated heterocycles. The molecule has 1 aromatic carbocycles. The Kier molecular flexibility index (Phi) is 5.11. The second-order valence-corrected chi connectivity index (χ2v) is 5.12. The summed E-state index contributed by atoms with van der Waals surface area (Å²) in [6, 6.07) is 3.74. The van der Waals surface area contributed by atoms with Crippen LogP contribution in [0.15, 0.2) is 12.1 Å². The molecule has 0 spiro atoms. The number of carbonyl (C=O) groups is 1. The molecule has 90 valence electrons. The fourth-order valence-corrected chi connectivity index (χ4v) is 1.93. The molecule has 0 bridgehead atoms. The average molecular weight is 248 g/mol. The quantitative estimate of drug-likeness (QED) is 0.645. The number of thioether (sulfide) groups is 1. The van der Waals surface area contributed by atoms with E-state index in [2.05, 4.69) is 11.8 Å². The SMILES string of the molecule is CC(=O)SCCC#Cc1cc(C)c(O)c(C)c1. The summed E-state index contributed by atoms with van der Waals surface area (Å²) in [5, 5.41) is 9.74. The van der Waals surface area contributed by atoms with Gasteiger partial charge in [-0.1, -0.05) is 23.6 Å². The first-order valence-corrected chi connectivity index (χ1v) is 6.41. The zero-order chi connectivity index (χ0) is 12.8. The smallest absolute Gasteiger partial charge is 0.185 e. The van der Waals surface area contributed by atoms with Crippen molar-refractivity contribution in [1.82, 2.24) is 0 Å². The second kappa shape index (κ2) is 6.36. The maximum atomic E-state index is 10.7. The van der Waals surface area contributed by atoms with Gasteiger partial charge in [0.25, 0.3) is 0 Å². The van der Waals surface area contributed by atoms with Gasteiger partial charge in [-0.2, -0.15) is 0 Å². The largest absolute Gasteiger partial charge is 0.507 e. The number of phenolic OH excluding ortho intramolecular Hbond substituents is 1. The molecule has 0 atom stereocenters. The highest BCUT2D eigenvalue weighted by molar-refractivity contribution is 8.13. The van der Waals surface area contributed by atoms with Crippen LogP contribution in [0, 0.1) is 25.7 Å². The lowest BCUT2D eigenvalue weighted by Crippen LogP contribution is -1.85. The van der Waals surface area contributed by atoms with Gasteiger partial charge in [0.1, 0.15) is 5.75 Å². The van der Waals surface area contributed by atoms with Gasteiger partial charge in [-0.05, 0) is 37.1 Å². The highest BCUT2D eigenvalue weighted by atomic mass is 32.2. The van der Waals surface area contributed by atoms with Crippen molar-refractivity contribution in [2.75, 3.05) is 5.75 Å². The molecule has 0 saturated carbocycles. The Bertz CT molecular complexity index is 458. The Morgan fingerprint density at radius 1 is 1.35 bits per heavy atom. The van der Waals surface area contributed by atoms with Gasteiger partial charge < -0.3 is 5.11 Å². The molecule has 0 radical (unpaired) electrons. The van der Waals surface area contributed by atoms with Gasteiger partial charge in [0, 0.05) is 24.7 Å². The van der Waals surface area contributed by atoms with E-state index in [0.29, 0.717) is 12.2 Å². The highest BCUT2D eigenvalue weighted by Crippen LogP contribution is 2.22. The first-order valence-electron chi connectivity index (χ1n) is 5.43. The Balaban J connectivity index is 2.63. The lowest BCUT2D eigenvalue weighted by atomic mass is 10.1. The van der Waals surface area contributed by atoms with E-state index >= 15 is 0 Å². The fraction of sp³-hybridized carbons (Fsp3) is 0.357. The van der Waals surface area contributed by atoms with Crippen molar-refractivity contribution >= 4 is 16.9 Å². The third-order valence-corrected chi connectivity index (χ3v) is 3.07. The summed E-state index contributed by atoms with van der Waals surface area (Å²) in [6.07, 6.45) is 0.698. The lowest BCUT2D eigenvalue weighted by Gasteiger charge is -2.03. The molecule has 3 heteroatoms. The summed E-state index contributed by atoms with van der Waals surface area (Å²) >= 11 is 1.29. The van der Waals surface area contributed by atoms with E-state index in [0.717, 1.165) is 22.4 Å². The average Bonchev–Trinajstić information content (AvgIpc) is 2.25. The number of aromatic hydroxyl groups is 1. The summed E-state index contributed by atoms with van der Waals surface area (Å²) in [4.78, 5) is 10.7. The van der Waals surface area contributed by atoms with Crippen molar-refractivity contribution in [1.29, 1.82) is 0 Å². The lowest BCUT2D eigenvalue weighted by molar-refractivity contribution is -0.109. The van der Waals surface area contributed by atoms with E-state index in [9.17, 15) is 9.90 Å². The molecular formula is C14H16O2S. The maximum Gasteiger partial charge on any atom is 0.185 e. The van der Waals surface area contributed by atoms with Crippen molar-refractivity contribution in [2.45, 2.75) is 27.2 Å². The first kappa shape index (κ1) is 13.7. The van der Waals surface area contributed by atoms with Crippen LogP contribution in [-0.4, -0.2) is 16.0 Å². The van der Waals surface area contributed by atoms with Gasteiger partial charge in [0.05, 0.1) is 0 Å². The van der Waals surface area contributed by atoms with Crippen molar-refractivity contribution in [3.8, 4) is 17.6 Å². The van der Waals surface area contributed by atoms with Gasteiger partial charge in [-0.3, -0.25) is 4.79 Å². The summed E-state index contributed by atoms with van der Waals surface area (Å²) in [5.41, 5.74) is 2.59. The number of rotatable bonds is 2. The van der Waals surface area contributed by atoms with Crippen LogP contribution >= 0.6 is 11.8 Å². The van der Waals surface area contributed by atoms with Crippen LogP contribution in [0.4, 0.5) is 0 Å². The number of aryl methyl sites for hydroxylation is 2. The van der Waals surface area contributed by atoms with Crippen molar-refractivity contribution in [3.05, 3.63) is 28.8 Å². The number of hydrogen-bond donors (Lipinski definition) is 1. The van der Waals surface area contributed by atoms with Crippen LogP contribution in [0.3, 0.4) is 0 Å². The Hall–Kier alpha value is -1.40. The second-order valence-electron chi connectivity index (χ2n) is 3.85. The van der Waals surface area contributed by atoms with E-state index < -0.39 is 0 Å². The Morgan fingerprint density at radius 3 is 2.47 bits per heavy atom. The molecule has 0 aliphatic rings. The molecular weight excluding hydrogens is 232 g/mol. The molecule has 0 aromatic heterocycles. The Labute approximate surface area is 106 Å². The molecule has 1 aromatic rings. The monoisotopic (exact) mass is 248 g/mol. The minimum Gasteiger partial charge on any atom is -0.507 e. The molecule has 0 unspecified atom stereocenters. The van der Waals surface area contributed by atoms with E-state index in [4.69, 9.17) is 0 Å². The van der Waals surface area contributed by atoms with Crippen molar-refractivity contribution in [2.24, 2.45) is 0 Å². The van der Waals surface area contributed by atoms with Gasteiger partial charge >= 0.3 is 0 Å². The molecule has 1 N–H and O–H groups in total. The molecule has 1 rings (SSSR count). The van der Waals surface area contributed by atoms with E-state index in [-0.39, 0.29) is 5.12 Å². The summed E-state index contributed by atoms with van der Waals surface area (Å²) in [5.74, 6) is 7.14. The van der Waals surface area contributed by atoms with Crippen LogP contribution in [0.5, 0.6) is 5.75 Å². The summed E-state index contributed by atoms with van der Waals surface area (Å²) < 4.78 is 0. The van der Waals surface area contributed by atoms with Crippen LogP contribution < -0.4 is 0 Å². The number of carbonyl (C=O) groups excluding carboxylic acids is 1. The van der Waals surface area contributed by atoms with Gasteiger partial charge in [-0.25, -0.2) is 0 Å². The summed E-state index contributed by atoms with van der Waals surface area (Å²) in [6.45, 7) is 5.28. The molecule has 0 aliphatic carbocycles. The molecule has 2 nitrogen and oxygen atoms in total.